The molecule has 3 saturated carbocycles. The molecule has 4 nitrogen and oxygen atoms in total. The highest BCUT2D eigenvalue weighted by molar-refractivity contribution is 5.70. The fourth-order valence-corrected chi connectivity index (χ4v) is 3.47. The maximum absolute atomic E-state index is 13.8. The Bertz CT molecular complexity index is 422. The Morgan fingerprint density at radius 3 is 2.35 bits per heavy atom. The van der Waals surface area contributed by atoms with Crippen molar-refractivity contribution in [3.05, 3.63) is 0 Å². The highest BCUT2D eigenvalue weighted by Crippen LogP contribution is 2.62. The first kappa shape index (κ1) is 14.0. The van der Waals surface area contributed by atoms with Gasteiger partial charge in [0, 0.05) is 31.8 Å². The van der Waals surface area contributed by atoms with Crippen LogP contribution in [0.3, 0.4) is 0 Å². The second-order valence-electron chi connectivity index (χ2n) is 6.76. The first-order valence-corrected chi connectivity index (χ1v) is 6.93. The lowest BCUT2D eigenvalue weighted by Crippen LogP contribution is -2.77. The molecule has 20 heavy (non-hydrogen) atoms. The zero-order chi connectivity index (χ0) is 14.8. The fourth-order valence-electron chi connectivity index (χ4n) is 3.47. The number of amides is 1. The molecule has 0 aromatic heterocycles. The minimum absolute atomic E-state index is 0.0259. The monoisotopic (exact) mass is 292 g/mol. The van der Waals surface area contributed by atoms with E-state index >= 15 is 0 Å². The van der Waals surface area contributed by atoms with Gasteiger partial charge in [0.05, 0.1) is 12.1 Å². The minimum Gasteiger partial charge on any atom is -0.438 e. The average molecular weight is 292 g/mol. The van der Waals surface area contributed by atoms with Crippen molar-refractivity contribution in [2.75, 3.05) is 13.1 Å². The highest BCUT2D eigenvalue weighted by atomic mass is 19.3. The normalized spacial score (nSPS) is 42.0. The van der Waals surface area contributed by atoms with Crippen LogP contribution in [0.25, 0.3) is 0 Å². The highest BCUT2D eigenvalue weighted by Gasteiger charge is 2.70. The first-order chi connectivity index (χ1) is 9.13. The van der Waals surface area contributed by atoms with Gasteiger partial charge in [0.15, 0.2) is 6.10 Å². The molecule has 0 radical (unpaired) electrons. The summed E-state index contributed by atoms with van der Waals surface area (Å²) in [4.78, 5) is 13.3. The minimum atomic E-state index is -3.04. The molecule has 1 heterocycles. The van der Waals surface area contributed by atoms with Gasteiger partial charge >= 0.3 is 6.09 Å². The van der Waals surface area contributed by atoms with Crippen molar-refractivity contribution in [1.82, 2.24) is 10.2 Å². The SMILES string of the molecule is CC(C)N1C[C@H](OC(=O)NC23CC(F)(C2)C3)C(F)(F)C1. The van der Waals surface area contributed by atoms with E-state index in [-0.39, 0.29) is 31.8 Å². The van der Waals surface area contributed by atoms with Crippen LogP contribution in [0.15, 0.2) is 0 Å². The molecule has 4 rings (SSSR count). The molecule has 1 N–H and O–H groups in total. The van der Waals surface area contributed by atoms with Crippen molar-refractivity contribution in [2.45, 2.75) is 62.4 Å². The largest absolute Gasteiger partial charge is 0.438 e. The van der Waals surface area contributed by atoms with Crippen LogP contribution in [-0.4, -0.2) is 53.4 Å². The molecule has 0 unspecified atom stereocenters. The van der Waals surface area contributed by atoms with Crippen molar-refractivity contribution in [3.8, 4) is 0 Å². The van der Waals surface area contributed by atoms with Gasteiger partial charge in [-0.25, -0.2) is 18.0 Å². The predicted octanol–water partition coefficient (Wildman–Crippen LogP) is 2.09. The maximum Gasteiger partial charge on any atom is 0.408 e. The van der Waals surface area contributed by atoms with E-state index in [0.717, 1.165) is 0 Å². The number of likely N-dealkylation sites (tertiary alicyclic amines) is 1. The van der Waals surface area contributed by atoms with Crippen molar-refractivity contribution in [1.29, 1.82) is 0 Å². The van der Waals surface area contributed by atoms with Crippen LogP contribution < -0.4 is 5.32 Å². The number of nitrogens with one attached hydrogen (secondary N) is 1. The van der Waals surface area contributed by atoms with E-state index in [1.165, 1.54) is 0 Å². The second kappa shape index (κ2) is 4.02. The lowest BCUT2D eigenvalue weighted by molar-refractivity contribution is -0.167. The zero-order valence-electron chi connectivity index (χ0n) is 11.6. The Hall–Kier alpha value is -0.980. The van der Waals surface area contributed by atoms with Gasteiger partial charge in [-0.15, -0.1) is 0 Å². The molecular formula is C13H19F3N2O2. The maximum atomic E-state index is 13.8. The van der Waals surface area contributed by atoms with Gasteiger partial charge in [0.1, 0.15) is 5.67 Å². The third-order valence-corrected chi connectivity index (χ3v) is 4.60. The Labute approximate surface area is 115 Å². The summed E-state index contributed by atoms with van der Waals surface area (Å²) in [7, 11) is 0. The summed E-state index contributed by atoms with van der Waals surface area (Å²) in [6.45, 7) is 3.27. The van der Waals surface area contributed by atoms with Crippen molar-refractivity contribution >= 4 is 6.09 Å². The third-order valence-electron chi connectivity index (χ3n) is 4.60. The number of halogens is 3. The summed E-state index contributed by atoms with van der Waals surface area (Å²) in [5.41, 5.74) is -1.68. The Kier molecular flexibility index (Phi) is 2.81. The Morgan fingerprint density at radius 2 is 1.90 bits per heavy atom. The summed E-state index contributed by atoms with van der Waals surface area (Å²) < 4.78 is 45.7. The molecular weight excluding hydrogens is 273 g/mol. The van der Waals surface area contributed by atoms with Crippen molar-refractivity contribution in [3.63, 3.8) is 0 Å². The van der Waals surface area contributed by atoms with Crippen molar-refractivity contribution < 1.29 is 22.7 Å². The van der Waals surface area contributed by atoms with Crippen LogP contribution >= 0.6 is 0 Å². The number of ether oxygens (including phenoxy) is 1. The number of hydrogen-bond acceptors (Lipinski definition) is 3. The predicted molar refractivity (Wildman–Crippen MR) is 65.5 cm³/mol. The third kappa shape index (κ3) is 2.16. The number of rotatable bonds is 3. The molecule has 1 amide bonds. The van der Waals surface area contributed by atoms with Crippen LogP contribution in [-0.2, 0) is 4.74 Å². The molecule has 1 saturated heterocycles. The van der Waals surface area contributed by atoms with Crippen LogP contribution in [0.5, 0.6) is 0 Å². The molecule has 3 aliphatic carbocycles. The van der Waals surface area contributed by atoms with Crippen LogP contribution in [0.1, 0.15) is 33.1 Å². The van der Waals surface area contributed by atoms with Gasteiger partial charge in [-0.2, -0.15) is 0 Å². The fraction of sp³-hybridized carbons (Fsp3) is 0.923. The molecule has 4 aliphatic rings. The lowest BCUT2D eigenvalue weighted by Gasteiger charge is -2.65. The molecule has 114 valence electrons. The number of alkyl halides is 3. The quantitative estimate of drug-likeness (QED) is 0.866. The van der Waals surface area contributed by atoms with E-state index in [2.05, 4.69) is 5.32 Å². The molecule has 4 fully saturated rings. The lowest BCUT2D eigenvalue weighted by atomic mass is 9.47. The number of alkyl carbamates (subject to hydrolysis) is 1. The van der Waals surface area contributed by atoms with Crippen molar-refractivity contribution in [2.24, 2.45) is 0 Å². The smallest absolute Gasteiger partial charge is 0.408 e. The number of carbonyl (C=O) groups excluding carboxylic acids is 1. The van der Waals surface area contributed by atoms with Gasteiger partial charge < -0.3 is 10.1 Å². The zero-order valence-corrected chi connectivity index (χ0v) is 11.6. The van der Waals surface area contributed by atoms with Gasteiger partial charge in [-0.05, 0) is 13.8 Å². The van der Waals surface area contributed by atoms with Crippen LogP contribution in [0.4, 0.5) is 18.0 Å². The topological polar surface area (TPSA) is 41.6 Å². The van der Waals surface area contributed by atoms with E-state index in [4.69, 9.17) is 4.74 Å². The molecule has 0 aromatic carbocycles. The number of carbonyl (C=O) groups is 1. The average Bonchev–Trinajstić information content (AvgIpc) is 2.51. The molecule has 0 spiro atoms. The van der Waals surface area contributed by atoms with Gasteiger partial charge in [0.25, 0.3) is 5.92 Å². The summed E-state index contributed by atoms with van der Waals surface area (Å²) >= 11 is 0. The van der Waals surface area contributed by atoms with Gasteiger partial charge in [0.2, 0.25) is 0 Å². The number of hydrogen-bond donors (Lipinski definition) is 1. The molecule has 1 aliphatic heterocycles. The summed E-state index contributed by atoms with van der Waals surface area (Å²) in [6, 6.07) is -0.0263. The Balaban J connectivity index is 1.53. The molecule has 7 heteroatoms. The number of nitrogens with zero attached hydrogens (tertiary/aromatic N) is 1. The summed E-state index contributed by atoms with van der Waals surface area (Å²) in [5, 5.41) is 2.54. The van der Waals surface area contributed by atoms with E-state index in [1.54, 1.807) is 4.90 Å². The van der Waals surface area contributed by atoms with E-state index in [9.17, 15) is 18.0 Å². The standard InChI is InChI=1S/C13H19F3N2O2/c1-8(2)18-3-9(13(15,16)7-18)20-10(19)17-12-4-11(14,5-12)6-12/h8-9H,3-7H2,1-2H3,(H,17,19)/t9-,11?,12?/m0/s1. The van der Waals surface area contributed by atoms with Gasteiger partial charge in [-0.1, -0.05) is 0 Å². The van der Waals surface area contributed by atoms with E-state index in [0.29, 0.717) is 0 Å². The molecule has 0 aromatic rings. The molecule has 1 atom stereocenters. The van der Waals surface area contributed by atoms with Gasteiger partial charge in [-0.3, -0.25) is 4.90 Å². The Morgan fingerprint density at radius 1 is 1.30 bits per heavy atom. The molecule has 2 bridgehead atoms. The first-order valence-electron chi connectivity index (χ1n) is 6.93. The van der Waals surface area contributed by atoms with Crippen LogP contribution in [0.2, 0.25) is 0 Å². The second-order valence-corrected chi connectivity index (χ2v) is 6.76. The summed E-state index contributed by atoms with van der Waals surface area (Å²) in [5.74, 6) is -3.04. The van der Waals surface area contributed by atoms with Crippen LogP contribution in [0, 0.1) is 0 Å². The van der Waals surface area contributed by atoms with E-state index < -0.39 is 35.9 Å². The summed E-state index contributed by atoms with van der Waals surface area (Å²) in [6.07, 6.45) is -1.48. The van der Waals surface area contributed by atoms with E-state index in [1.807, 2.05) is 13.8 Å².